The van der Waals surface area contributed by atoms with Gasteiger partial charge in [0.25, 0.3) is 0 Å². The molecule has 0 amide bonds. The van der Waals surface area contributed by atoms with Crippen molar-refractivity contribution in [2.45, 2.75) is 18.9 Å². The first kappa shape index (κ1) is 15.5. The molecule has 1 aliphatic heterocycles. The molecule has 0 spiro atoms. The van der Waals surface area contributed by atoms with Crippen molar-refractivity contribution in [2.24, 2.45) is 0 Å². The van der Waals surface area contributed by atoms with E-state index >= 15 is 0 Å². The predicted octanol–water partition coefficient (Wildman–Crippen LogP) is 4.40. The molecular formula is C20H19N5S. The minimum Gasteiger partial charge on any atom is -0.356 e. The highest BCUT2D eigenvalue weighted by atomic mass is 32.1. The van der Waals surface area contributed by atoms with Crippen LogP contribution < -0.4 is 4.90 Å². The summed E-state index contributed by atoms with van der Waals surface area (Å²) in [6.45, 7) is 1.96. The Morgan fingerprint density at radius 1 is 0.962 bits per heavy atom. The van der Waals surface area contributed by atoms with Crippen LogP contribution in [0.1, 0.15) is 18.9 Å². The Balaban J connectivity index is 1.50. The molecule has 5 nitrogen and oxygen atoms in total. The van der Waals surface area contributed by atoms with Crippen molar-refractivity contribution < 1.29 is 0 Å². The van der Waals surface area contributed by atoms with Crippen molar-refractivity contribution in [1.82, 2.24) is 19.7 Å². The lowest BCUT2D eigenvalue weighted by atomic mass is 10.0. The molecule has 0 radical (unpaired) electrons. The molecule has 0 atom stereocenters. The molecule has 5 rings (SSSR count). The highest BCUT2D eigenvalue weighted by Gasteiger charge is 2.23. The number of benzene rings is 1. The smallest absolute Gasteiger partial charge is 0.172 e. The van der Waals surface area contributed by atoms with Crippen LogP contribution >= 0.6 is 11.3 Å². The number of para-hydroxylation sites is 1. The molecule has 1 saturated heterocycles. The van der Waals surface area contributed by atoms with Crippen molar-refractivity contribution in [3.63, 3.8) is 0 Å². The van der Waals surface area contributed by atoms with Gasteiger partial charge in [0.05, 0.1) is 16.4 Å². The van der Waals surface area contributed by atoms with Crippen LogP contribution in [0, 0.1) is 0 Å². The standard InChI is InChI=1S/C20H19N5S/c1-2-6-17-16(5-1)20(23-19(22-17)18-7-3-14-26-18)24-12-8-15(9-13-24)25-11-4-10-21-25/h1-7,10-11,14-15H,8-9,12-13H2. The Morgan fingerprint density at radius 2 is 1.85 bits per heavy atom. The Kier molecular flexibility index (Phi) is 3.90. The molecule has 0 bridgehead atoms. The molecule has 4 heterocycles. The van der Waals surface area contributed by atoms with Crippen molar-refractivity contribution in [1.29, 1.82) is 0 Å². The van der Waals surface area contributed by atoms with Crippen LogP contribution in [-0.2, 0) is 0 Å². The average Bonchev–Trinajstić information content (AvgIpc) is 3.41. The predicted molar refractivity (Wildman–Crippen MR) is 106 cm³/mol. The normalized spacial score (nSPS) is 15.6. The van der Waals surface area contributed by atoms with E-state index in [0.717, 1.165) is 53.4 Å². The van der Waals surface area contributed by atoms with Crippen molar-refractivity contribution >= 4 is 28.1 Å². The number of piperidine rings is 1. The van der Waals surface area contributed by atoms with Crippen LogP contribution in [0.2, 0.25) is 0 Å². The summed E-state index contributed by atoms with van der Waals surface area (Å²) in [7, 11) is 0. The van der Waals surface area contributed by atoms with E-state index in [-0.39, 0.29) is 0 Å². The Hall–Kier alpha value is -2.73. The van der Waals surface area contributed by atoms with Gasteiger partial charge in [-0.25, -0.2) is 9.97 Å². The molecule has 26 heavy (non-hydrogen) atoms. The monoisotopic (exact) mass is 361 g/mol. The highest BCUT2D eigenvalue weighted by molar-refractivity contribution is 7.13. The molecule has 1 aliphatic rings. The van der Waals surface area contributed by atoms with E-state index < -0.39 is 0 Å². The van der Waals surface area contributed by atoms with E-state index in [0.29, 0.717) is 6.04 Å². The third-order valence-electron chi connectivity index (χ3n) is 4.99. The minimum atomic E-state index is 0.478. The van der Waals surface area contributed by atoms with E-state index in [1.54, 1.807) is 11.3 Å². The van der Waals surface area contributed by atoms with Gasteiger partial charge in [-0.05, 0) is 42.5 Å². The van der Waals surface area contributed by atoms with Crippen LogP contribution in [0.3, 0.4) is 0 Å². The maximum atomic E-state index is 4.96. The van der Waals surface area contributed by atoms with Gasteiger partial charge in [-0.15, -0.1) is 11.3 Å². The van der Waals surface area contributed by atoms with Gasteiger partial charge in [0.15, 0.2) is 5.82 Å². The lowest BCUT2D eigenvalue weighted by Crippen LogP contribution is -2.35. The number of fused-ring (bicyclic) bond motifs is 1. The summed E-state index contributed by atoms with van der Waals surface area (Å²) in [5, 5.41) is 7.61. The van der Waals surface area contributed by atoms with Gasteiger partial charge >= 0.3 is 0 Å². The fourth-order valence-electron chi connectivity index (χ4n) is 3.66. The maximum absolute atomic E-state index is 4.96. The van der Waals surface area contributed by atoms with E-state index in [1.807, 2.05) is 24.4 Å². The molecule has 6 heteroatoms. The Labute approximate surface area is 155 Å². The molecule has 0 unspecified atom stereocenters. The van der Waals surface area contributed by atoms with E-state index in [2.05, 4.69) is 50.5 Å². The van der Waals surface area contributed by atoms with Gasteiger partial charge in [0.1, 0.15) is 5.82 Å². The van der Waals surface area contributed by atoms with Gasteiger partial charge in [-0.2, -0.15) is 5.10 Å². The second kappa shape index (κ2) is 6.53. The first-order valence-corrected chi connectivity index (χ1v) is 9.81. The first-order chi connectivity index (χ1) is 12.9. The van der Waals surface area contributed by atoms with Crippen LogP contribution in [-0.4, -0.2) is 32.8 Å². The molecule has 4 aromatic rings. The number of anilines is 1. The lowest BCUT2D eigenvalue weighted by molar-refractivity contribution is 0.366. The Bertz CT molecular complexity index is 1000. The van der Waals surface area contributed by atoms with Crippen LogP contribution in [0.5, 0.6) is 0 Å². The molecule has 0 saturated carbocycles. The van der Waals surface area contributed by atoms with Gasteiger partial charge < -0.3 is 4.90 Å². The average molecular weight is 361 g/mol. The lowest BCUT2D eigenvalue weighted by Gasteiger charge is -2.33. The second-order valence-electron chi connectivity index (χ2n) is 6.57. The van der Waals surface area contributed by atoms with E-state index in [9.17, 15) is 0 Å². The SMILES string of the molecule is c1csc(-c2nc(N3CCC(n4cccn4)CC3)c3ccccc3n2)c1. The topological polar surface area (TPSA) is 46.8 Å². The van der Waals surface area contributed by atoms with Gasteiger partial charge in [0.2, 0.25) is 0 Å². The number of hydrogen-bond donors (Lipinski definition) is 0. The maximum Gasteiger partial charge on any atom is 0.172 e. The van der Waals surface area contributed by atoms with E-state index in [1.165, 1.54) is 0 Å². The zero-order valence-corrected chi connectivity index (χ0v) is 15.1. The summed E-state index contributed by atoms with van der Waals surface area (Å²) < 4.78 is 2.09. The molecule has 130 valence electrons. The fraction of sp³-hybridized carbons (Fsp3) is 0.250. The van der Waals surface area contributed by atoms with Gasteiger partial charge in [-0.1, -0.05) is 18.2 Å². The summed E-state index contributed by atoms with van der Waals surface area (Å²) in [6.07, 6.45) is 6.08. The third kappa shape index (κ3) is 2.76. The zero-order valence-electron chi connectivity index (χ0n) is 14.3. The van der Waals surface area contributed by atoms with Crippen LogP contribution in [0.15, 0.2) is 60.2 Å². The summed E-state index contributed by atoms with van der Waals surface area (Å²) in [6, 6.07) is 14.9. The van der Waals surface area contributed by atoms with Gasteiger partial charge in [0, 0.05) is 30.9 Å². The quantitative estimate of drug-likeness (QED) is 0.543. The van der Waals surface area contributed by atoms with E-state index in [4.69, 9.17) is 9.97 Å². The van der Waals surface area contributed by atoms with Crippen LogP contribution in [0.4, 0.5) is 5.82 Å². The van der Waals surface area contributed by atoms with Crippen LogP contribution in [0.25, 0.3) is 21.6 Å². The third-order valence-corrected chi connectivity index (χ3v) is 5.85. The molecule has 0 aliphatic carbocycles. The molecule has 1 aromatic carbocycles. The summed E-state index contributed by atoms with van der Waals surface area (Å²) in [4.78, 5) is 13.3. The Morgan fingerprint density at radius 3 is 2.62 bits per heavy atom. The van der Waals surface area contributed by atoms with Crippen molar-refractivity contribution in [3.8, 4) is 10.7 Å². The first-order valence-electron chi connectivity index (χ1n) is 8.93. The highest BCUT2D eigenvalue weighted by Crippen LogP contribution is 2.32. The number of nitrogens with zero attached hydrogens (tertiary/aromatic N) is 5. The van der Waals surface area contributed by atoms with Gasteiger partial charge in [-0.3, -0.25) is 4.68 Å². The molecule has 0 N–H and O–H groups in total. The van der Waals surface area contributed by atoms with Crippen molar-refractivity contribution in [3.05, 3.63) is 60.2 Å². The number of rotatable bonds is 3. The summed E-state index contributed by atoms with van der Waals surface area (Å²) >= 11 is 1.68. The summed E-state index contributed by atoms with van der Waals surface area (Å²) in [5.74, 6) is 1.88. The molecule has 1 fully saturated rings. The minimum absolute atomic E-state index is 0.478. The number of aromatic nitrogens is 4. The largest absolute Gasteiger partial charge is 0.356 e. The fourth-order valence-corrected chi connectivity index (χ4v) is 4.31. The second-order valence-corrected chi connectivity index (χ2v) is 7.52. The molecule has 3 aromatic heterocycles. The summed E-state index contributed by atoms with van der Waals surface area (Å²) in [5.41, 5.74) is 1.01. The number of hydrogen-bond acceptors (Lipinski definition) is 5. The molecular weight excluding hydrogens is 342 g/mol. The van der Waals surface area contributed by atoms with Crippen molar-refractivity contribution in [2.75, 3.05) is 18.0 Å². The number of thiophene rings is 1. The zero-order chi connectivity index (χ0) is 17.3.